The van der Waals surface area contributed by atoms with Gasteiger partial charge in [-0.2, -0.15) is 0 Å². The lowest BCUT2D eigenvalue weighted by atomic mass is 10.1. The number of aromatic amines is 1. The second-order valence-corrected chi connectivity index (χ2v) is 4.53. The fourth-order valence-corrected chi connectivity index (χ4v) is 2.40. The van der Waals surface area contributed by atoms with Crippen LogP contribution in [0.15, 0.2) is 10.9 Å². The molecular formula is C12H15ClN2O3. The molecule has 0 saturated heterocycles. The number of hydrogen-bond donors (Lipinski definition) is 1. The van der Waals surface area contributed by atoms with Crippen molar-refractivity contribution in [2.24, 2.45) is 0 Å². The van der Waals surface area contributed by atoms with Gasteiger partial charge in [-0.05, 0) is 18.9 Å². The van der Waals surface area contributed by atoms with Gasteiger partial charge in [0.2, 0.25) is 5.56 Å². The standard InChI is InChI=1S/C12H15ClN2O3/c1-2-18-12(17)15-5-3-8-9(13)7-11(16)14-10(8)4-6-15/h7H,2-6H2,1H3,(H,14,16). The van der Waals surface area contributed by atoms with Crippen LogP contribution in [0.1, 0.15) is 18.2 Å². The summed E-state index contributed by atoms with van der Waals surface area (Å²) in [5.41, 5.74) is 1.53. The Bertz CT molecular complexity index is 513. The average Bonchev–Trinajstić information content (AvgIpc) is 2.52. The highest BCUT2D eigenvalue weighted by atomic mass is 35.5. The summed E-state index contributed by atoms with van der Waals surface area (Å²) < 4.78 is 4.97. The van der Waals surface area contributed by atoms with Crippen molar-refractivity contribution in [2.45, 2.75) is 19.8 Å². The van der Waals surface area contributed by atoms with E-state index in [0.29, 0.717) is 37.6 Å². The molecule has 0 radical (unpaired) electrons. The number of ether oxygens (including phenoxy) is 1. The summed E-state index contributed by atoms with van der Waals surface area (Å²) in [6, 6.07) is 1.38. The third-order valence-corrected chi connectivity index (χ3v) is 3.31. The van der Waals surface area contributed by atoms with Gasteiger partial charge in [-0.15, -0.1) is 0 Å². The van der Waals surface area contributed by atoms with E-state index in [1.54, 1.807) is 11.8 Å². The van der Waals surface area contributed by atoms with Crippen LogP contribution in [0.3, 0.4) is 0 Å². The Morgan fingerprint density at radius 2 is 2.22 bits per heavy atom. The topological polar surface area (TPSA) is 62.4 Å². The van der Waals surface area contributed by atoms with E-state index in [2.05, 4.69) is 4.98 Å². The summed E-state index contributed by atoms with van der Waals surface area (Å²) in [5, 5.41) is 0.472. The number of nitrogens with zero attached hydrogens (tertiary/aromatic N) is 1. The largest absolute Gasteiger partial charge is 0.450 e. The zero-order valence-corrected chi connectivity index (χ0v) is 10.9. The number of hydrogen-bond acceptors (Lipinski definition) is 3. The van der Waals surface area contributed by atoms with Crippen LogP contribution in [0.5, 0.6) is 0 Å². The van der Waals surface area contributed by atoms with Crippen LogP contribution in [0.4, 0.5) is 4.79 Å². The molecule has 1 aromatic rings. The van der Waals surface area contributed by atoms with Gasteiger partial charge in [-0.3, -0.25) is 4.79 Å². The molecule has 6 heteroatoms. The van der Waals surface area contributed by atoms with E-state index in [1.807, 2.05) is 0 Å². The van der Waals surface area contributed by atoms with Crippen molar-refractivity contribution >= 4 is 17.7 Å². The predicted octanol–water partition coefficient (Wildman–Crippen LogP) is 1.59. The number of pyridine rings is 1. The second kappa shape index (κ2) is 5.44. The lowest BCUT2D eigenvalue weighted by molar-refractivity contribution is 0.109. The maximum Gasteiger partial charge on any atom is 0.409 e. The SMILES string of the molecule is CCOC(=O)N1CCc2[nH]c(=O)cc(Cl)c2CC1. The van der Waals surface area contributed by atoms with E-state index < -0.39 is 0 Å². The van der Waals surface area contributed by atoms with Gasteiger partial charge in [0.15, 0.2) is 0 Å². The quantitative estimate of drug-likeness (QED) is 0.843. The number of rotatable bonds is 1. The molecule has 5 nitrogen and oxygen atoms in total. The van der Waals surface area contributed by atoms with Crippen LogP contribution < -0.4 is 5.56 Å². The first-order valence-corrected chi connectivity index (χ1v) is 6.32. The van der Waals surface area contributed by atoms with Crippen LogP contribution in [0.25, 0.3) is 0 Å². The third-order valence-electron chi connectivity index (χ3n) is 2.97. The van der Waals surface area contributed by atoms with Gasteiger partial charge in [-0.25, -0.2) is 4.79 Å². The molecule has 1 aliphatic heterocycles. The van der Waals surface area contributed by atoms with Crippen LogP contribution in [0, 0.1) is 0 Å². The van der Waals surface area contributed by atoms with Crippen molar-refractivity contribution in [3.05, 3.63) is 32.7 Å². The van der Waals surface area contributed by atoms with Crippen LogP contribution in [-0.4, -0.2) is 35.7 Å². The van der Waals surface area contributed by atoms with Crippen molar-refractivity contribution in [1.82, 2.24) is 9.88 Å². The number of fused-ring (bicyclic) bond motifs is 1. The molecule has 0 aromatic carbocycles. The molecule has 0 atom stereocenters. The van der Waals surface area contributed by atoms with E-state index in [4.69, 9.17) is 16.3 Å². The number of carbonyl (C=O) groups excluding carboxylic acids is 1. The fraction of sp³-hybridized carbons (Fsp3) is 0.500. The first-order chi connectivity index (χ1) is 8.61. The molecule has 0 unspecified atom stereocenters. The first kappa shape index (κ1) is 13.0. The Morgan fingerprint density at radius 3 is 2.94 bits per heavy atom. The smallest absolute Gasteiger partial charge is 0.409 e. The highest BCUT2D eigenvalue weighted by molar-refractivity contribution is 6.31. The molecule has 1 aromatic heterocycles. The van der Waals surface area contributed by atoms with Gasteiger partial charge in [0.25, 0.3) is 0 Å². The molecule has 2 heterocycles. The summed E-state index contributed by atoms with van der Waals surface area (Å²) in [6.07, 6.45) is 0.900. The van der Waals surface area contributed by atoms with Gasteiger partial charge in [0.1, 0.15) is 0 Å². The lowest BCUT2D eigenvalue weighted by Gasteiger charge is -2.18. The second-order valence-electron chi connectivity index (χ2n) is 4.12. The molecule has 18 heavy (non-hydrogen) atoms. The Kier molecular flexibility index (Phi) is 3.91. The monoisotopic (exact) mass is 270 g/mol. The van der Waals surface area contributed by atoms with Gasteiger partial charge in [-0.1, -0.05) is 11.6 Å². The summed E-state index contributed by atoms with van der Waals surface area (Å²) in [7, 11) is 0. The van der Waals surface area contributed by atoms with Crippen molar-refractivity contribution < 1.29 is 9.53 Å². The van der Waals surface area contributed by atoms with E-state index in [-0.39, 0.29) is 11.7 Å². The zero-order valence-electron chi connectivity index (χ0n) is 10.2. The summed E-state index contributed by atoms with van der Waals surface area (Å²) in [5.74, 6) is 0. The van der Waals surface area contributed by atoms with Gasteiger partial charge < -0.3 is 14.6 Å². The average molecular weight is 271 g/mol. The normalized spacial score (nSPS) is 14.9. The number of carbonyl (C=O) groups is 1. The predicted molar refractivity (Wildman–Crippen MR) is 68.1 cm³/mol. The van der Waals surface area contributed by atoms with Crippen LogP contribution in [0.2, 0.25) is 5.02 Å². The van der Waals surface area contributed by atoms with Crippen molar-refractivity contribution in [2.75, 3.05) is 19.7 Å². The minimum Gasteiger partial charge on any atom is -0.450 e. The number of aromatic nitrogens is 1. The summed E-state index contributed by atoms with van der Waals surface area (Å²) in [6.45, 7) is 3.22. The number of amides is 1. The summed E-state index contributed by atoms with van der Waals surface area (Å²) >= 11 is 6.05. The fourth-order valence-electron chi connectivity index (χ4n) is 2.09. The molecule has 0 spiro atoms. The lowest BCUT2D eigenvalue weighted by Crippen LogP contribution is -2.33. The maximum absolute atomic E-state index is 11.7. The molecular weight excluding hydrogens is 256 g/mol. The van der Waals surface area contributed by atoms with Gasteiger partial charge in [0.05, 0.1) is 11.6 Å². The molecule has 1 aliphatic rings. The molecule has 0 aliphatic carbocycles. The highest BCUT2D eigenvalue weighted by Crippen LogP contribution is 2.20. The Balaban J connectivity index is 2.19. The van der Waals surface area contributed by atoms with E-state index in [0.717, 1.165) is 11.3 Å². The molecule has 0 saturated carbocycles. The van der Waals surface area contributed by atoms with E-state index >= 15 is 0 Å². The highest BCUT2D eigenvalue weighted by Gasteiger charge is 2.21. The Hall–Kier alpha value is -1.49. The number of H-pyrrole nitrogens is 1. The minimum atomic E-state index is -0.316. The number of nitrogens with one attached hydrogen (secondary N) is 1. The van der Waals surface area contributed by atoms with Crippen molar-refractivity contribution in [3.8, 4) is 0 Å². The van der Waals surface area contributed by atoms with Gasteiger partial charge in [0, 0.05) is 31.3 Å². The number of halogens is 1. The zero-order chi connectivity index (χ0) is 13.1. The Labute approximate surface area is 110 Å². The molecule has 0 bridgehead atoms. The minimum absolute atomic E-state index is 0.205. The molecule has 0 fully saturated rings. The molecule has 1 N–H and O–H groups in total. The van der Waals surface area contributed by atoms with Crippen LogP contribution in [-0.2, 0) is 17.6 Å². The van der Waals surface area contributed by atoms with Gasteiger partial charge >= 0.3 is 6.09 Å². The Morgan fingerprint density at radius 1 is 1.50 bits per heavy atom. The van der Waals surface area contributed by atoms with Crippen molar-refractivity contribution in [3.63, 3.8) is 0 Å². The summed E-state index contributed by atoms with van der Waals surface area (Å²) in [4.78, 5) is 27.4. The first-order valence-electron chi connectivity index (χ1n) is 5.94. The van der Waals surface area contributed by atoms with Crippen molar-refractivity contribution in [1.29, 1.82) is 0 Å². The molecule has 2 rings (SSSR count). The molecule has 98 valence electrons. The third kappa shape index (κ3) is 2.67. The van der Waals surface area contributed by atoms with E-state index in [9.17, 15) is 9.59 Å². The molecule has 1 amide bonds. The van der Waals surface area contributed by atoms with Crippen LogP contribution >= 0.6 is 11.6 Å². The van der Waals surface area contributed by atoms with E-state index in [1.165, 1.54) is 6.07 Å². The maximum atomic E-state index is 11.7.